The maximum Gasteiger partial charge on any atom is 0.270 e. The Balaban J connectivity index is 1.63. The summed E-state index contributed by atoms with van der Waals surface area (Å²) in [5, 5.41) is 15.0. The molecule has 1 atom stereocenters. The van der Waals surface area contributed by atoms with Crippen LogP contribution in [0, 0.1) is 10.1 Å². The summed E-state index contributed by atoms with van der Waals surface area (Å²) in [6, 6.07) is 8.93. The van der Waals surface area contributed by atoms with Gasteiger partial charge in [-0.15, -0.1) is 0 Å². The molecule has 1 N–H and O–H groups in total. The van der Waals surface area contributed by atoms with Crippen molar-refractivity contribution in [3.63, 3.8) is 0 Å². The van der Waals surface area contributed by atoms with Crippen LogP contribution in [0.4, 0.5) is 11.5 Å². The molecule has 1 aliphatic heterocycles. The van der Waals surface area contributed by atoms with E-state index in [2.05, 4.69) is 34.1 Å². The minimum atomic E-state index is -0.386. The number of nitro benzene ring substituents is 1. The number of non-ortho nitro benzene ring substituents is 1. The standard InChI is InChI=1S/C17H23N5O2/c1-13(21-9-7-20(2)8-10-21)12-18-17-6-3-14-11-15(22(23)24)4-5-16(14)19-17/h3-6,11,13H,7-10,12H2,1-2H3,(H,18,19). The molecular formula is C17H23N5O2. The molecule has 1 aromatic heterocycles. The number of nitro groups is 1. The zero-order valence-electron chi connectivity index (χ0n) is 14.1. The minimum absolute atomic E-state index is 0.0914. The van der Waals surface area contributed by atoms with Crippen molar-refractivity contribution >= 4 is 22.4 Å². The van der Waals surface area contributed by atoms with Crippen molar-refractivity contribution in [3.8, 4) is 0 Å². The second kappa shape index (κ2) is 7.11. The lowest BCUT2D eigenvalue weighted by atomic mass is 10.2. The first kappa shape index (κ1) is 16.6. The molecule has 2 heterocycles. The third kappa shape index (κ3) is 3.80. The molecule has 24 heavy (non-hydrogen) atoms. The van der Waals surface area contributed by atoms with E-state index in [4.69, 9.17) is 0 Å². The number of rotatable bonds is 5. The number of benzene rings is 1. The van der Waals surface area contributed by atoms with Gasteiger partial charge in [-0.05, 0) is 32.2 Å². The highest BCUT2D eigenvalue weighted by Gasteiger charge is 2.18. The fraction of sp³-hybridized carbons (Fsp3) is 0.471. The summed E-state index contributed by atoms with van der Waals surface area (Å²) in [6.07, 6.45) is 0. The summed E-state index contributed by atoms with van der Waals surface area (Å²) in [7, 11) is 2.16. The lowest BCUT2D eigenvalue weighted by molar-refractivity contribution is -0.384. The molecule has 1 aromatic carbocycles. The number of nitrogens with one attached hydrogen (secondary N) is 1. The Labute approximate surface area is 141 Å². The molecule has 0 amide bonds. The summed E-state index contributed by atoms with van der Waals surface area (Å²) in [6.45, 7) is 7.45. The van der Waals surface area contributed by atoms with Gasteiger partial charge < -0.3 is 10.2 Å². The van der Waals surface area contributed by atoms with Crippen molar-refractivity contribution in [2.75, 3.05) is 45.1 Å². The predicted octanol–water partition coefficient (Wildman–Crippen LogP) is 2.19. The van der Waals surface area contributed by atoms with E-state index in [0.717, 1.165) is 49.4 Å². The molecule has 0 saturated carbocycles. The molecule has 2 aromatic rings. The number of hydrogen-bond donors (Lipinski definition) is 1. The molecule has 1 aliphatic rings. The summed E-state index contributed by atoms with van der Waals surface area (Å²) < 4.78 is 0. The zero-order chi connectivity index (χ0) is 17.1. The van der Waals surface area contributed by atoms with Crippen molar-refractivity contribution in [2.24, 2.45) is 0 Å². The number of anilines is 1. The van der Waals surface area contributed by atoms with Gasteiger partial charge in [0.25, 0.3) is 5.69 Å². The Morgan fingerprint density at radius 3 is 2.71 bits per heavy atom. The Morgan fingerprint density at radius 1 is 1.25 bits per heavy atom. The Morgan fingerprint density at radius 2 is 2.00 bits per heavy atom. The van der Waals surface area contributed by atoms with E-state index in [1.54, 1.807) is 12.1 Å². The van der Waals surface area contributed by atoms with Gasteiger partial charge in [-0.1, -0.05) is 0 Å². The van der Waals surface area contributed by atoms with Crippen molar-refractivity contribution in [1.82, 2.24) is 14.8 Å². The highest BCUT2D eigenvalue weighted by molar-refractivity contribution is 5.82. The fourth-order valence-electron chi connectivity index (χ4n) is 2.97. The molecule has 7 nitrogen and oxygen atoms in total. The fourth-order valence-corrected chi connectivity index (χ4v) is 2.97. The number of aromatic nitrogens is 1. The van der Waals surface area contributed by atoms with E-state index in [1.165, 1.54) is 6.07 Å². The lowest BCUT2D eigenvalue weighted by Gasteiger charge is -2.36. The van der Waals surface area contributed by atoms with Gasteiger partial charge in [0.1, 0.15) is 5.82 Å². The first-order valence-electron chi connectivity index (χ1n) is 8.24. The van der Waals surface area contributed by atoms with E-state index in [-0.39, 0.29) is 10.6 Å². The average Bonchev–Trinajstić information content (AvgIpc) is 2.59. The largest absolute Gasteiger partial charge is 0.368 e. The molecule has 1 saturated heterocycles. The van der Waals surface area contributed by atoms with Crippen LogP contribution >= 0.6 is 0 Å². The van der Waals surface area contributed by atoms with E-state index in [0.29, 0.717) is 6.04 Å². The van der Waals surface area contributed by atoms with Crippen LogP contribution in [0.1, 0.15) is 6.92 Å². The van der Waals surface area contributed by atoms with Crippen LogP contribution in [0.2, 0.25) is 0 Å². The smallest absolute Gasteiger partial charge is 0.270 e. The van der Waals surface area contributed by atoms with Crippen LogP contribution in [-0.2, 0) is 0 Å². The van der Waals surface area contributed by atoms with E-state index in [1.807, 2.05) is 12.1 Å². The van der Waals surface area contributed by atoms with Crippen LogP contribution < -0.4 is 5.32 Å². The summed E-state index contributed by atoms with van der Waals surface area (Å²) in [4.78, 5) is 19.8. The monoisotopic (exact) mass is 329 g/mol. The molecule has 0 bridgehead atoms. The molecule has 0 aliphatic carbocycles. The van der Waals surface area contributed by atoms with Gasteiger partial charge in [0, 0.05) is 56.3 Å². The maximum absolute atomic E-state index is 10.8. The van der Waals surface area contributed by atoms with Crippen LogP contribution in [0.25, 0.3) is 10.9 Å². The third-order valence-electron chi connectivity index (χ3n) is 4.62. The average molecular weight is 329 g/mol. The van der Waals surface area contributed by atoms with Crippen molar-refractivity contribution in [1.29, 1.82) is 0 Å². The summed E-state index contributed by atoms with van der Waals surface area (Å²) in [5.41, 5.74) is 0.853. The van der Waals surface area contributed by atoms with Gasteiger partial charge in [0.05, 0.1) is 10.4 Å². The topological polar surface area (TPSA) is 74.5 Å². The maximum atomic E-state index is 10.8. The molecule has 3 rings (SSSR count). The highest BCUT2D eigenvalue weighted by atomic mass is 16.6. The summed E-state index contributed by atoms with van der Waals surface area (Å²) >= 11 is 0. The quantitative estimate of drug-likeness (QED) is 0.669. The SMILES string of the molecule is CC(CNc1ccc2cc([N+](=O)[O-])ccc2n1)N1CCN(C)CC1. The number of nitrogens with zero attached hydrogens (tertiary/aromatic N) is 4. The Kier molecular flexibility index (Phi) is 4.92. The number of likely N-dealkylation sites (N-methyl/N-ethyl adjacent to an activating group) is 1. The van der Waals surface area contributed by atoms with Gasteiger partial charge in [-0.25, -0.2) is 4.98 Å². The molecule has 0 spiro atoms. The lowest BCUT2D eigenvalue weighted by Crippen LogP contribution is -2.49. The summed E-state index contributed by atoms with van der Waals surface area (Å²) in [5.74, 6) is 0.803. The van der Waals surface area contributed by atoms with Crippen LogP contribution in [0.3, 0.4) is 0 Å². The predicted molar refractivity (Wildman–Crippen MR) is 95.4 cm³/mol. The third-order valence-corrected chi connectivity index (χ3v) is 4.62. The second-order valence-corrected chi connectivity index (χ2v) is 6.40. The molecule has 7 heteroatoms. The molecule has 0 radical (unpaired) electrons. The molecule has 1 fully saturated rings. The number of pyridine rings is 1. The highest BCUT2D eigenvalue weighted by Crippen LogP contribution is 2.21. The molecular weight excluding hydrogens is 306 g/mol. The van der Waals surface area contributed by atoms with E-state index >= 15 is 0 Å². The van der Waals surface area contributed by atoms with Crippen LogP contribution in [0.15, 0.2) is 30.3 Å². The minimum Gasteiger partial charge on any atom is -0.368 e. The Hall–Kier alpha value is -2.25. The second-order valence-electron chi connectivity index (χ2n) is 6.40. The van der Waals surface area contributed by atoms with Crippen molar-refractivity contribution in [3.05, 3.63) is 40.4 Å². The van der Waals surface area contributed by atoms with Crippen LogP contribution in [0.5, 0.6) is 0 Å². The number of hydrogen-bond acceptors (Lipinski definition) is 6. The first-order chi connectivity index (χ1) is 11.5. The first-order valence-corrected chi connectivity index (χ1v) is 8.24. The van der Waals surface area contributed by atoms with Crippen LogP contribution in [-0.4, -0.2) is 65.5 Å². The van der Waals surface area contributed by atoms with Crippen molar-refractivity contribution < 1.29 is 4.92 Å². The van der Waals surface area contributed by atoms with Crippen molar-refractivity contribution in [2.45, 2.75) is 13.0 Å². The zero-order valence-corrected chi connectivity index (χ0v) is 14.1. The van der Waals surface area contributed by atoms with Gasteiger partial charge >= 0.3 is 0 Å². The van der Waals surface area contributed by atoms with Gasteiger partial charge in [0.15, 0.2) is 0 Å². The molecule has 128 valence electrons. The van der Waals surface area contributed by atoms with E-state index in [9.17, 15) is 10.1 Å². The van der Waals surface area contributed by atoms with Gasteiger partial charge in [-0.2, -0.15) is 0 Å². The molecule has 1 unspecified atom stereocenters. The number of fused-ring (bicyclic) bond motifs is 1. The normalized spacial score (nSPS) is 17.8. The van der Waals surface area contributed by atoms with Gasteiger partial charge in [0.2, 0.25) is 0 Å². The number of piperazine rings is 1. The van der Waals surface area contributed by atoms with Gasteiger partial charge in [-0.3, -0.25) is 15.0 Å². The van der Waals surface area contributed by atoms with E-state index < -0.39 is 0 Å². The Bertz CT molecular complexity index is 728.